The Labute approximate surface area is 302 Å². The summed E-state index contributed by atoms with van der Waals surface area (Å²) in [6, 6.07) is 30.2. The van der Waals surface area contributed by atoms with Gasteiger partial charge < -0.3 is 23.7 Å². The van der Waals surface area contributed by atoms with Gasteiger partial charge in [0.15, 0.2) is 9.84 Å². The highest BCUT2D eigenvalue weighted by molar-refractivity contribution is 7.92. The summed E-state index contributed by atoms with van der Waals surface area (Å²) in [5.41, 5.74) is 3.98. The van der Waals surface area contributed by atoms with E-state index in [0.29, 0.717) is 60.2 Å². The summed E-state index contributed by atoms with van der Waals surface area (Å²) in [6.07, 6.45) is 7.00. The first-order chi connectivity index (χ1) is 24.7. The number of hydrogen-bond donors (Lipinski definition) is 0. The SMILES string of the molecule is COC(=O)c1c(/C=C/CCCC2OCCOC2CC[C@H](C)S(=O)(=O)c2ccc(C)cc2)cc(OCc2ccccc2)cc1OCc1ccccc1. The Hall–Kier alpha value is -4.44. The van der Waals surface area contributed by atoms with Crippen LogP contribution in [-0.4, -0.2) is 52.2 Å². The van der Waals surface area contributed by atoms with Crippen molar-refractivity contribution in [2.75, 3.05) is 20.3 Å². The minimum absolute atomic E-state index is 0.125. The van der Waals surface area contributed by atoms with Crippen LogP contribution in [0.2, 0.25) is 0 Å². The van der Waals surface area contributed by atoms with Crippen molar-refractivity contribution in [2.45, 2.75) is 81.5 Å². The van der Waals surface area contributed by atoms with Crippen LogP contribution in [0.15, 0.2) is 108 Å². The fraction of sp³-hybridized carbons (Fsp3) is 0.357. The number of methoxy groups -OCH3 is 1. The van der Waals surface area contributed by atoms with E-state index in [4.69, 9.17) is 23.7 Å². The largest absolute Gasteiger partial charge is 0.489 e. The van der Waals surface area contributed by atoms with Gasteiger partial charge in [0.25, 0.3) is 0 Å². The van der Waals surface area contributed by atoms with Crippen molar-refractivity contribution in [3.05, 3.63) is 131 Å². The Balaban J connectivity index is 1.24. The third-order valence-electron chi connectivity index (χ3n) is 9.04. The van der Waals surface area contributed by atoms with Crippen LogP contribution in [0.1, 0.15) is 71.6 Å². The van der Waals surface area contributed by atoms with E-state index in [2.05, 4.69) is 0 Å². The number of sulfone groups is 1. The molecule has 0 N–H and O–H groups in total. The molecule has 1 heterocycles. The lowest BCUT2D eigenvalue weighted by Gasteiger charge is -2.32. The molecule has 1 fully saturated rings. The maximum absolute atomic E-state index is 13.2. The molecule has 51 heavy (non-hydrogen) atoms. The molecule has 1 aliphatic rings. The van der Waals surface area contributed by atoms with E-state index in [0.717, 1.165) is 36.0 Å². The van der Waals surface area contributed by atoms with Crippen LogP contribution in [0.4, 0.5) is 0 Å². The maximum atomic E-state index is 13.2. The number of unbranched alkanes of at least 4 members (excludes halogenated alkanes) is 1. The van der Waals surface area contributed by atoms with E-state index in [9.17, 15) is 13.2 Å². The molecule has 0 radical (unpaired) electrons. The van der Waals surface area contributed by atoms with Gasteiger partial charge in [-0.05, 0) is 80.8 Å². The fourth-order valence-electron chi connectivity index (χ4n) is 6.05. The van der Waals surface area contributed by atoms with Gasteiger partial charge in [0.05, 0.1) is 42.7 Å². The lowest BCUT2D eigenvalue weighted by atomic mass is 10.00. The third kappa shape index (κ3) is 10.8. The lowest BCUT2D eigenvalue weighted by molar-refractivity contribution is -0.144. The van der Waals surface area contributed by atoms with Gasteiger partial charge >= 0.3 is 5.97 Å². The number of aryl methyl sites for hydroxylation is 1. The predicted octanol–water partition coefficient (Wildman–Crippen LogP) is 8.55. The average molecular weight is 713 g/mol. The van der Waals surface area contributed by atoms with Crippen molar-refractivity contribution in [1.29, 1.82) is 0 Å². The zero-order chi connectivity index (χ0) is 36.1. The number of rotatable bonds is 17. The first-order valence-electron chi connectivity index (χ1n) is 17.5. The first-order valence-corrected chi connectivity index (χ1v) is 19.1. The second-order valence-electron chi connectivity index (χ2n) is 12.8. The van der Waals surface area contributed by atoms with Gasteiger partial charge in [0.1, 0.15) is 30.3 Å². The van der Waals surface area contributed by atoms with Crippen molar-refractivity contribution in [1.82, 2.24) is 0 Å². The summed E-state index contributed by atoms with van der Waals surface area (Å²) < 4.78 is 56.1. The Kier molecular flexibility index (Phi) is 13.9. The zero-order valence-electron chi connectivity index (χ0n) is 29.7. The molecule has 270 valence electrons. The molecule has 1 saturated heterocycles. The molecule has 0 saturated carbocycles. The van der Waals surface area contributed by atoms with Gasteiger partial charge in [-0.15, -0.1) is 0 Å². The summed E-state index contributed by atoms with van der Waals surface area (Å²) in [7, 11) is -2.08. The van der Waals surface area contributed by atoms with E-state index >= 15 is 0 Å². The number of hydrogen-bond acceptors (Lipinski definition) is 8. The molecule has 8 nitrogen and oxygen atoms in total. The van der Waals surface area contributed by atoms with Crippen LogP contribution in [0.5, 0.6) is 11.5 Å². The van der Waals surface area contributed by atoms with Gasteiger partial charge in [-0.2, -0.15) is 0 Å². The summed E-state index contributed by atoms with van der Waals surface area (Å²) in [4.78, 5) is 13.5. The van der Waals surface area contributed by atoms with Gasteiger partial charge in [-0.1, -0.05) is 90.5 Å². The number of allylic oxidation sites excluding steroid dienone is 1. The van der Waals surface area contributed by atoms with E-state index < -0.39 is 21.1 Å². The highest BCUT2D eigenvalue weighted by Gasteiger charge is 2.30. The van der Waals surface area contributed by atoms with Gasteiger partial charge in [-0.3, -0.25) is 0 Å². The molecule has 0 amide bonds. The highest BCUT2D eigenvalue weighted by atomic mass is 32.2. The molecular formula is C42H48O8S. The van der Waals surface area contributed by atoms with Gasteiger partial charge in [0.2, 0.25) is 0 Å². The number of carbonyl (C=O) groups is 1. The summed E-state index contributed by atoms with van der Waals surface area (Å²) >= 11 is 0. The molecule has 4 aromatic rings. The van der Waals surface area contributed by atoms with E-state index in [-0.39, 0.29) is 18.8 Å². The molecule has 4 aromatic carbocycles. The molecule has 2 unspecified atom stereocenters. The number of ether oxygens (including phenoxy) is 5. The normalized spacial score (nSPS) is 16.8. The molecular weight excluding hydrogens is 665 g/mol. The molecule has 3 atom stereocenters. The molecule has 1 aliphatic heterocycles. The fourth-order valence-corrected chi connectivity index (χ4v) is 7.48. The van der Waals surface area contributed by atoms with Crippen molar-refractivity contribution in [2.24, 2.45) is 0 Å². The summed E-state index contributed by atoms with van der Waals surface area (Å²) in [6.45, 7) is 5.35. The number of esters is 1. The van der Waals surface area contributed by atoms with Gasteiger partial charge in [0, 0.05) is 6.07 Å². The minimum Gasteiger partial charge on any atom is -0.489 e. The molecule has 0 bridgehead atoms. The van der Waals surface area contributed by atoms with Crippen LogP contribution >= 0.6 is 0 Å². The third-order valence-corrected chi connectivity index (χ3v) is 11.3. The highest BCUT2D eigenvalue weighted by Crippen LogP contribution is 2.33. The Morgan fingerprint density at radius 1 is 0.843 bits per heavy atom. The van der Waals surface area contributed by atoms with Crippen LogP contribution in [-0.2, 0) is 37.3 Å². The molecule has 0 aromatic heterocycles. The Morgan fingerprint density at radius 2 is 1.45 bits per heavy atom. The van der Waals surface area contributed by atoms with Crippen molar-refractivity contribution in [3.8, 4) is 11.5 Å². The molecule has 5 rings (SSSR count). The topological polar surface area (TPSA) is 97.4 Å². The second kappa shape index (κ2) is 18.7. The molecule has 0 spiro atoms. The second-order valence-corrected chi connectivity index (χ2v) is 15.2. The monoisotopic (exact) mass is 712 g/mol. The Bertz CT molecular complexity index is 1820. The Morgan fingerprint density at radius 3 is 2.08 bits per heavy atom. The maximum Gasteiger partial charge on any atom is 0.342 e. The van der Waals surface area contributed by atoms with E-state index in [1.807, 2.05) is 97.9 Å². The minimum atomic E-state index is -3.43. The van der Waals surface area contributed by atoms with Crippen molar-refractivity contribution < 1.29 is 36.9 Å². The molecule has 0 aliphatic carbocycles. The summed E-state index contributed by atoms with van der Waals surface area (Å²) in [5, 5.41) is -0.535. The van der Waals surface area contributed by atoms with Crippen LogP contribution in [0.3, 0.4) is 0 Å². The van der Waals surface area contributed by atoms with Gasteiger partial charge in [-0.25, -0.2) is 13.2 Å². The van der Waals surface area contributed by atoms with E-state index in [1.54, 1.807) is 25.1 Å². The average Bonchev–Trinajstić information content (AvgIpc) is 3.16. The number of benzene rings is 4. The van der Waals surface area contributed by atoms with Crippen LogP contribution in [0.25, 0.3) is 6.08 Å². The summed E-state index contributed by atoms with van der Waals surface area (Å²) in [5.74, 6) is 0.454. The first kappa shape index (κ1) is 37.8. The standard InChI is InChI=1S/C42H48O8S/c1-31-19-22-37(23-20-31)51(44,45)32(2)21-24-39-38(47-25-26-48-39)18-12-6-11-17-35-27-36(49-29-33-13-7-4-8-14-33)28-40(41(35)42(43)46-3)50-30-34-15-9-5-10-16-34/h4-5,7-11,13-17,19-20,22-23,27-28,32,38-39H,6,12,18,21,24-26,29-30H2,1-3H3/b17-11+/t32-,38?,39?/m0/s1. The van der Waals surface area contributed by atoms with Crippen LogP contribution < -0.4 is 9.47 Å². The number of carbonyl (C=O) groups excluding carboxylic acids is 1. The predicted molar refractivity (Wildman–Crippen MR) is 199 cm³/mol. The van der Waals surface area contributed by atoms with Crippen molar-refractivity contribution in [3.63, 3.8) is 0 Å². The van der Waals surface area contributed by atoms with Crippen molar-refractivity contribution >= 4 is 21.9 Å². The zero-order valence-corrected chi connectivity index (χ0v) is 30.5. The smallest absolute Gasteiger partial charge is 0.342 e. The van der Waals surface area contributed by atoms with E-state index in [1.165, 1.54) is 7.11 Å². The van der Waals surface area contributed by atoms with Crippen LogP contribution in [0, 0.1) is 6.92 Å². The quantitative estimate of drug-likeness (QED) is 0.0794. The molecule has 9 heteroatoms. The lowest BCUT2D eigenvalue weighted by Crippen LogP contribution is -2.39.